The van der Waals surface area contributed by atoms with Gasteiger partial charge in [0.1, 0.15) is 0 Å². The summed E-state index contributed by atoms with van der Waals surface area (Å²) in [7, 11) is 1.56. The van der Waals surface area contributed by atoms with Gasteiger partial charge in [-0.3, -0.25) is 4.90 Å². The molecule has 0 spiro atoms. The number of piperidine rings is 1. The van der Waals surface area contributed by atoms with Crippen molar-refractivity contribution in [3.63, 3.8) is 0 Å². The highest BCUT2D eigenvalue weighted by Gasteiger charge is 2.24. The molecule has 0 unspecified atom stereocenters. The van der Waals surface area contributed by atoms with E-state index in [1.807, 2.05) is 6.07 Å². The van der Waals surface area contributed by atoms with Crippen LogP contribution in [0.2, 0.25) is 0 Å². The van der Waals surface area contributed by atoms with Crippen molar-refractivity contribution in [2.75, 3.05) is 13.7 Å². The molecule has 1 aliphatic heterocycles. The molecule has 0 saturated carbocycles. The third kappa shape index (κ3) is 3.41. The second-order valence-corrected chi connectivity index (χ2v) is 6.14. The fourth-order valence-corrected chi connectivity index (χ4v) is 3.10. The second-order valence-electron chi connectivity index (χ2n) is 5.22. The Morgan fingerprint density at radius 3 is 2.89 bits per heavy atom. The van der Waals surface area contributed by atoms with Crippen LogP contribution in [0.25, 0.3) is 0 Å². The van der Waals surface area contributed by atoms with E-state index in [4.69, 9.17) is 10.5 Å². The number of ether oxygens (including phenoxy) is 1. The van der Waals surface area contributed by atoms with Crippen LogP contribution in [-0.2, 0) is 6.54 Å². The molecule has 0 aliphatic carbocycles. The minimum atomic E-state index is 0.229. The molecule has 2 atom stereocenters. The van der Waals surface area contributed by atoms with Gasteiger partial charge in [-0.1, -0.05) is 15.9 Å². The molecule has 1 heterocycles. The lowest BCUT2D eigenvalue weighted by atomic mass is 9.98. The van der Waals surface area contributed by atoms with Crippen molar-refractivity contribution in [3.05, 3.63) is 22.2 Å². The summed E-state index contributed by atoms with van der Waals surface area (Å²) in [5, 5.41) is 10.2. The van der Waals surface area contributed by atoms with Gasteiger partial charge in [-0.2, -0.15) is 0 Å². The first-order valence-electron chi connectivity index (χ1n) is 6.56. The first-order chi connectivity index (χ1) is 9.01. The standard InChI is InChI=1S/C14H21BrN2O2/c1-9-5-12(16)3-4-17(9)8-10-6-11(15)7-13(19-2)14(10)18/h6-7,9,12,18H,3-5,8,16H2,1-2H3/t9-,12+/m0/s1. The van der Waals surface area contributed by atoms with Crippen LogP contribution in [-0.4, -0.2) is 35.7 Å². The molecule has 0 radical (unpaired) electrons. The number of hydrogen-bond acceptors (Lipinski definition) is 4. The van der Waals surface area contributed by atoms with Gasteiger partial charge in [-0.15, -0.1) is 0 Å². The molecule has 1 saturated heterocycles. The molecule has 1 aromatic rings. The summed E-state index contributed by atoms with van der Waals surface area (Å²) in [6.07, 6.45) is 2.02. The Hall–Kier alpha value is -0.780. The van der Waals surface area contributed by atoms with Crippen molar-refractivity contribution < 1.29 is 9.84 Å². The van der Waals surface area contributed by atoms with Crippen LogP contribution >= 0.6 is 15.9 Å². The SMILES string of the molecule is COc1cc(Br)cc(CN2CC[C@@H](N)C[C@@H]2C)c1O. The highest BCUT2D eigenvalue weighted by atomic mass is 79.9. The van der Waals surface area contributed by atoms with Crippen molar-refractivity contribution in [2.24, 2.45) is 5.73 Å². The molecule has 1 aromatic carbocycles. The number of phenols is 1. The molecular formula is C14H21BrN2O2. The first kappa shape index (κ1) is 14.6. The van der Waals surface area contributed by atoms with Gasteiger partial charge in [-0.25, -0.2) is 0 Å². The minimum absolute atomic E-state index is 0.229. The fourth-order valence-electron chi connectivity index (χ4n) is 2.62. The summed E-state index contributed by atoms with van der Waals surface area (Å²) in [5.74, 6) is 0.735. The zero-order valence-electron chi connectivity index (χ0n) is 11.4. The molecular weight excluding hydrogens is 308 g/mol. The van der Waals surface area contributed by atoms with E-state index in [0.29, 0.717) is 17.8 Å². The van der Waals surface area contributed by atoms with Crippen LogP contribution in [0.15, 0.2) is 16.6 Å². The Kier molecular flexibility index (Phi) is 4.71. The maximum atomic E-state index is 10.2. The predicted molar refractivity (Wildman–Crippen MR) is 79.4 cm³/mol. The summed E-state index contributed by atoms with van der Waals surface area (Å²) < 4.78 is 6.10. The van der Waals surface area contributed by atoms with Gasteiger partial charge in [-0.05, 0) is 31.9 Å². The Labute approximate surface area is 122 Å². The minimum Gasteiger partial charge on any atom is -0.504 e. The van der Waals surface area contributed by atoms with E-state index in [1.165, 1.54) is 0 Å². The molecule has 3 N–H and O–H groups in total. The number of nitrogens with zero attached hydrogens (tertiary/aromatic N) is 1. The van der Waals surface area contributed by atoms with E-state index in [-0.39, 0.29) is 5.75 Å². The predicted octanol–water partition coefficient (Wildman–Crippen LogP) is 2.47. The summed E-state index contributed by atoms with van der Waals surface area (Å²) in [4.78, 5) is 2.35. The van der Waals surface area contributed by atoms with Crippen molar-refractivity contribution in [3.8, 4) is 11.5 Å². The van der Waals surface area contributed by atoms with Gasteiger partial charge in [0.15, 0.2) is 11.5 Å². The maximum Gasteiger partial charge on any atom is 0.162 e. The Morgan fingerprint density at radius 1 is 1.53 bits per heavy atom. The number of aromatic hydroxyl groups is 1. The number of benzene rings is 1. The molecule has 4 nitrogen and oxygen atoms in total. The van der Waals surface area contributed by atoms with Crippen LogP contribution in [0, 0.1) is 0 Å². The number of likely N-dealkylation sites (tertiary alicyclic amines) is 1. The lowest BCUT2D eigenvalue weighted by Crippen LogP contribution is -2.44. The smallest absolute Gasteiger partial charge is 0.162 e. The molecule has 2 rings (SSSR count). The Bertz CT molecular complexity index is 453. The lowest BCUT2D eigenvalue weighted by molar-refractivity contribution is 0.138. The van der Waals surface area contributed by atoms with Crippen molar-refractivity contribution in [2.45, 2.75) is 38.4 Å². The van der Waals surface area contributed by atoms with E-state index in [1.54, 1.807) is 13.2 Å². The number of nitrogens with two attached hydrogens (primary N) is 1. The van der Waals surface area contributed by atoms with E-state index >= 15 is 0 Å². The summed E-state index contributed by atoms with van der Waals surface area (Å²) >= 11 is 3.45. The number of rotatable bonds is 3. The zero-order valence-corrected chi connectivity index (χ0v) is 13.0. The van der Waals surface area contributed by atoms with E-state index in [2.05, 4.69) is 27.8 Å². The molecule has 106 valence electrons. The van der Waals surface area contributed by atoms with Gasteiger partial charge in [0.2, 0.25) is 0 Å². The third-order valence-corrected chi connectivity index (χ3v) is 4.22. The summed E-state index contributed by atoms with van der Waals surface area (Å²) in [6, 6.07) is 4.46. The van der Waals surface area contributed by atoms with Crippen LogP contribution in [0.3, 0.4) is 0 Å². The maximum absolute atomic E-state index is 10.2. The quantitative estimate of drug-likeness (QED) is 0.894. The van der Waals surface area contributed by atoms with Crippen molar-refractivity contribution in [1.82, 2.24) is 4.90 Å². The zero-order chi connectivity index (χ0) is 14.0. The third-order valence-electron chi connectivity index (χ3n) is 3.77. The molecule has 19 heavy (non-hydrogen) atoms. The van der Waals surface area contributed by atoms with Crippen LogP contribution in [0.1, 0.15) is 25.3 Å². The van der Waals surface area contributed by atoms with Gasteiger partial charge in [0, 0.05) is 35.2 Å². The second kappa shape index (κ2) is 6.11. The largest absolute Gasteiger partial charge is 0.504 e. The Balaban J connectivity index is 2.17. The van der Waals surface area contributed by atoms with Crippen molar-refractivity contribution >= 4 is 15.9 Å². The normalized spacial score (nSPS) is 24.4. The van der Waals surface area contributed by atoms with E-state index in [0.717, 1.165) is 36.0 Å². The molecule has 1 aliphatic rings. The number of halogens is 1. The fraction of sp³-hybridized carbons (Fsp3) is 0.571. The van der Waals surface area contributed by atoms with Crippen LogP contribution < -0.4 is 10.5 Å². The van der Waals surface area contributed by atoms with Crippen LogP contribution in [0.5, 0.6) is 11.5 Å². The van der Waals surface area contributed by atoms with Gasteiger partial charge < -0.3 is 15.6 Å². The van der Waals surface area contributed by atoms with E-state index in [9.17, 15) is 5.11 Å². The molecule has 0 amide bonds. The monoisotopic (exact) mass is 328 g/mol. The summed E-state index contributed by atoms with van der Waals surface area (Å²) in [6.45, 7) is 3.87. The summed E-state index contributed by atoms with van der Waals surface area (Å²) in [5.41, 5.74) is 6.86. The van der Waals surface area contributed by atoms with Gasteiger partial charge in [0.05, 0.1) is 7.11 Å². The highest BCUT2D eigenvalue weighted by Crippen LogP contribution is 2.35. The van der Waals surface area contributed by atoms with Crippen LogP contribution in [0.4, 0.5) is 0 Å². The topological polar surface area (TPSA) is 58.7 Å². The lowest BCUT2D eigenvalue weighted by Gasteiger charge is -2.36. The average molecular weight is 329 g/mol. The highest BCUT2D eigenvalue weighted by molar-refractivity contribution is 9.10. The average Bonchev–Trinajstić information content (AvgIpc) is 2.36. The molecule has 5 heteroatoms. The number of phenolic OH excluding ortho intramolecular Hbond substituents is 1. The van der Waals surface area contributed by atoms with E-state index < -0.39 is 0 Å². The first-order valence-corrected chi connectivity index (χ1v) is 7.35. The van der Waals surface area contributed by atoms with Crippen molar-refractivity contribution in [1.29, 1.82) is 0 Å². The van der Waals surface area contributed by atoms with Gasteiger partial charge >= 0.3 is 0 Å². The van der Waals surface area contributed by atoms with Gasteiger partial charge in [0.25, 0.3) is 0 Å². The Morgan fingerprint density at radius 2 is 2.26 bits per heavy atom. The molecule has 0 aromatic heterocycles. The number of methoxy groups -OCH3 is 1. The molecule has 0 bridgehead atoms. The number of hydrogen-bond donors (Lipinski definition) is 2. The molecule has 1 fully saturated rings.